The van der Waals surface area contributed by atoms with Crippen molar-refractivity contribution in [3.05, 3.63) is 88.4 Å². The third-order valence-corrected chi connectivity index (χ3v) is 5.74. The molecule has 158 valence electrons. The second-order valence-corrected chi connectivity index (χ2v) is 7.75. The van der Waals surface area contributed by atoms with E-state index in [-0.39, 0.29) is 30.7 Å². The highest BCUT2D eigenvalue weighted by molar-refractivity contribution is 7.21. The second kappa shape index (κ2) is 9.20. The number of hydrogen-bond acceptors (Lipinski definition) is 5. The molecule has 0 spiro atoms. The standard InChI is InChI=1S/C23H18F2N2O3S/c1-29-13-17-21-18(25)3-2-4-19(21)31-22(17)23(28)27-12-14-9-10-26-20(11-14)30-16-7-5-15(24)6-8-16/h2-11H,12-13H2,1H3,(H,27,28). The summed E-state index contributed by atoms with van der Waals surface area (Å²) in [5.41, 5.74) is 1.30. The van der Waals surface area contributed by atoms with Gasteiger partial charge >= 0.3 is 0 Å². The summed E-state index contributed by atoms with van der Waals surface area (Å²) in [6.45, 7) is 0.360. The van der Waals surface area contributed by atoms with Crippen LogP contribution < -0.4 is 10.1 Å². The fourth-order valence-electron chi connectivity index (χ4n) is 3.14. The summed E-state index contributed by atoms with van der Waals surface area (Å²) in [5, 5.41) is 3.27. The van der Waals surface area contributed by atoms with E-state index >= 15 is 0 Å². The second-order valence-electron chi connectivity index (χ2n) is 6.70. The predicted molar refractivity (Wildman–Crippen MR) is 114 cm³/mol. The van der Waals surface area contributed by atoms with E-state index in [1.807, 2.05) is 0 Å². The zero-order valence-corrected chi connectivity index (χ0v) is 17.3. The van der Waals surface area contributed by atoms with Crippen molar-refractivity contribution in [3.8, 4) is 11.6 Å². The first-order chi connectivity index (χ1) is 15.0. The van der Waals surface area contributed by atoms with E-state index in [1.165, 1.54) is 48.8 Å². The summed E-state index contributed by atoms with van der Waals surface area (Å²) in [7, 11) is 1.51. The number of methoxy groups -OCH3 is 1. The van der Waals surface area contributed by atoms with Crippen LogP contribution in [0.15, 0.2) is 60.8 Å². The minimum atomic E-state index is -0.378. The summed E-state index contributed by atoms with van der Waals surface area (Å²) >= 11 is 1.23. The molecule has 0 aliphatic rings. The molecule has 1 N–H and O–H groups in total. The topological polar surface area (TPSA) is 60.5 Å². The Kier molecular flexibility index (Phi) is 6.20. The van der Waals surface area contributed by atoms with Gasteiger partial charge in [-0.2, -0.15) is 0 Å². The Morgan fingerprint density at radius 1 is 1.13 bits per heavy atom. The summed E-state index contributed by atoms with van der Waals surface area (Å²) in [4.78, 5) is 17.4. The van der Waals surface area contributed by atoms with Crippen molar-refractivity contribution in [1.29, 1.82) is 0 Å². The van der Waals surface area contributed by atoms with Crippen LogP contribution in [0.4, 0.5) is 8.78 Å². The maximum absolute atomic E-state index is 14.3. The van der Waals surface area contributed by atoms with Gasteiger partial charge in [0.1, 0.15) is 17.4 Å². The van der Waals surface area contributed by atoms with E-state index in [0.717, 1.165) is 5.56 Å². The van der Waals surface area contributed by atoms with Crippen LogP contribution >= 0.6 is 11.3 Å². The largest absolute Gasteiger partial charge is 0.439 e. The van der Waals surface area contributed by atoms with Crippen LogP contribution in [-0.4, -0.2) is 18.0 Å². The third kappa shape index (κ3) is 4.70. The van der Waals surface area contributed by atoms with Gasteiger partial charge in [-0.15, -0.1) is 11.3 Å². The zero-order valence-electron chi connectivity index (χ0n) is 16.5. The van der Waals surface area contributed by atoms with Crippen LogP contribution in [0, 0.1) is 11.6 Å². The first-order valence-corrected chi connectivity index (χ1v) is 10.2. The first-order valence-electron chi connectivity index (χ1n) is 9.40. The van der Waals surface area contributed by atoms with Crippen molar-refractivity contribution in [3.63, 3.8) is 0 Å². The molecule has 2 aromatic carbocycles. The summed E-state index contributed by atoms with van der Waals surface area (Å²) < 4.78 is 38.9. The van der Waals surface area contributed by atoms with Crippen molar-refractivity contribution >= 4 is 27.3 Å². The summed E-state index contributed by atoms with van der Waals surface area (Å²) in [5.74, 6) is -0.276. The molecule has 0 saturated carbocycles. The Balaban J connectivity index is 1.49. The summed E-state index contributed by atoms with van der Waals surface area (Å²) in [6.07, 6.45) is 1.56. The number of nitrogens with zero attached hydrogens (tertiary/aromatic N) is 1. The lowest BCUT2D eigenvalue weighted by Crippen LogP contribution is -2.23. The highest BCUT2D eigenvalue weighted by Gasteiger charge is 2.20. The van der Waals surface area contributed by atoms with Gasteiger partial charge in [-0.3, -0.25) is 4.79 Å². The van der Waals surface area contributed by atoms with Crippen LogP contribution in [-0.2, 0) is 17.9 Å². The van der Waals surface area contributed by atoms with Crippen LogP contribution in [0.1, 0.15) is 20.8 Å². The number of amides is 1. The number of pyridine rings is 1. The average molecular weight is 440 g/mol. The lowest BCUT2D eigenvalue weighted by molar-refractivity contribution is 0.0950. The minimum Gasteiger partial charge on any atom is -0.439 e. The SMILES string of the molecule is COCc1c(C(=O)NCc2ccnc(Oc3ccc(F)cc3)c2)sc2cccc(F)c12. The zero-order chi connectivity index (χ0) is 21.8. The van der Waals surface area contributed by atoms with Gasteiger partial charge in [0, 0.05) is 41.6 Å². The average Bonchev–Trinajstić information content (AvgIpc) is 3.14. The number of carbonyl (C=O) groups excluding carboxylic acids is 1. The van der Waals surface area contributed by atoms with Gasteiger partial charge in [-0.05, 0) is 48.0 Å². The number of fused-ring (bicyclic) bond motifs is 1. The summed E-state index contributed by atoms with van der Waals surface area (Å²) in [6, 6.07) is 13.8. The number of nitrogens with one attached hydrogen (secondary N) is 1. The maximum Gasteiger partial charge on any atom is 0.262 e. The number of rotatable bonds is 7. The minimum absolute atomic E-state index is 0.134. The van der Waals surface area contributed by atoms with Crippen LogP contribution in [0.3, 0.4) is 0 Å². The fourth-order valence-corrected chi connectivity index (χ4v) is 4.27. The van der Waals surface area contributed by atoms with E-state index in [2.05, 4.69) is 10.3 Å². The Hall–Kier alpha value is -3.36. The molecule has 0 unspecified atom stereocenters. The van der Waals surface area contributed by atoms with E-state index < -0.39 is 0 Å². The van der Waals surface area contributed by atoms with Crippen LogP contribution in [0.5, 0.6) is 11.6 Å². The van der Waals surface area contributed by atoms with E-state index in [9.17, 15) is 13.6 Å². The molecule has 0 aliphatic heterocycles. The van der Waals surface area contributed by atoms with Crippen molar-refractivity contribution in [1.82, 2.24) is 10.3 Å². The molecule has 8 heteroatoms. The molecule has 5 nitrogen and oxygen atoms in total. The number of carbonyl (C=O) groups is 1. The van der Waals surface area contributed by atoms with E-state index in [1.54, 1.807) is 30.5 Å². The number of halogens is 2. The lowest BCUT2D eigenvalue weighted by atomic mass is 10.1. The Bertz CT molecular complexity index is 1230. The number of benzene rings is 2. The molecule has 4 rings (SSSR count). The fraction of sp³-hybridized carbons (Fsp3) is 0.130. The molecular formula is C23H18F2N2O3S. The molecule has 0 aliphatic carbocycles. The predicted octanol–water partition coefficient (Wildman–Crippen LogP) is 5.44. The van der Waals surface area contributed by atoms with Gasteiger partial charge in [0.15, 0.2) is 0 Å². The van der Waals surface area contributed by atoms with Gasteiger partial charge < -0.3 is 14.8 Å². The molecule has 2 heterocycles. The number of hydrogen-bond donors (Lipinski definition) is 1. The third-order valence-electron chi connectivity index (χ3n) is 4.55. The van der Waals surface area contributed by atoms with Gasteiger partial charge in [-0.25, -0.2) is 13.8 Å². The molecule has 2 aromatic heterocycles. The Morgan fingerprint density at radius 3 is 2.71 bits per heavy atom. The normalized spacial score (nSPS) is 10.9. The van der Waals surface area contributed by atoms with Gasteiger partial charge in [0.2, 0.25) is 5.88 Å². The van der Waals surface area contributed by atoms with E-state index in [0.29, 0.717) is 32.2 Å². The number of ether oxygens (including phenoxy) is 2. The van der Waals surface area contributed by atoms with Crippen molar-refractivity contribution in [2.45, 2.75) is 13.2 Å². The van der Waals surface area contributed by atoms with Gasteiger partial charge in [0.25, 0.3) is 5.91 Å². The van der Waals surface area contributed by atoms with Crippen molar-refractivity contribution in [2.24, 2.45) is 0 Å². The monoisotopic (exact) mass is 440 g/mol. The molecule has 31 heavy (non-hydrogen) atoms. The molecule has 0 atom stereocenters. The quantitative estimate of drug-likeness (QED) is 0.416. The number of thiophene rings is 1. The first kappa shape index (κ1) is 20.9. The van der Waals surface area contributed by atoms with Crippen molar-refractivity contribution < 1.29 is 23.0 Å². The molecular weight excluding hydrogens is 422 g/mol. The van der Waals surface area contributed by atoms with Crippen LogP contribution in [0.2, 0.25) is 0 Å². The highest BCUT2D eigenvalue weighted by Crippen LogP contribution is 2.33. The maximum atomic E-state index is 14.3. The van der Waals surface area contributed by atoms with Gasteiger partial charge in [0.05, 0.1) is 11.5 Å². The Labute approximate surface area is 181 Å². The molecule has 0 radical (unpaired) electrons. The molecule has 0 bridgehead atoms. The van der Waals surface area contributed by atoms with Crippen molar-refractivity contribution in [2.75, 3.05) is 7.11 Å². The van der Waals surface area contributed by atoms with E-state index in [4.69, 9.17) is 9.47 Å². The molecule has 1 amide bonds. The van der Waals surface area contributed by atoms with Gasteiger partial charge in [-0.1, -0.05) is 6.07 Å². The van der Waals surface area contributed by atoms with Crippen LogP contribution in [0.25, 0.3) is 10.1 Å². The lowest BCUT2D eigenvalue weighted by Gasteiger charge is -2.09. The molecule has 0 saturated heterocycles. The number of aromatic nitrogens is 1. The Morgan fingerprint density at radius 2 is 1.94 bits per heavy atom. The highest BCUT2D eigenvalue weighted by atomic mass is 32.1. The molecule has 0 fully saturated rings. The smallest absolute Gasteiger partial charge is 0.262 e. The molecule has 4 aromatic rings.